The van der Waals surface area contributed by atoms with Crippen LogP contribution in [-0.2, 0) is 29.9 Å². The second kappa shape index (κ2) is 8.77. The Morgan fingerprint density at radius 3 is 2.94 bits per heavy atom. The summed E-state index contributed by atoms with van der Waals surface area (Å²) in [6.45, 7) is 7.69. The van der Waals surface area contributed by atoms with E-state index >= 15 is 0 Å². The van der Waals surface area contributed by atoms with E-state index in [2.05, 4.69) is 24.9 Å². The van der Waals surface area contributed by atoms with E-state index < -0.39 is 0 Å². The minimum atomic E-state index is 0.0794. The molecule has 34 heavy (non-hydrogen) atoms. The van der Waals surface area contributed by atoms with E-state index in [1.165, 1.54) is 10.4 Å². The molecule has 2 aliphatic rings. The van der Waals surface area contributed by atoms with Gasteiger partial charge in [0.2, 0.25) is 5.78 Å². The lowest BCUT2D eigenvalue weighted by Gasteiger charge is -2.18. The van der Waals surface area contributed by atoms with Crippen molar-refractivity contribution >= 4 is 39.1 Å². The first kappa shape index (κ1) is 22.2. The third-order valence-electron chi connectivity index (χ3n) is 6.95. The van der Waals surface area contributed by atoms with Crippen LogP contribution < -0.4 is 5.56 Å². The van der Waals surface area contributed by atoms with Gasteiger partial charge < -0.3 is 4.74 Å². The fourth-order valence-corrected chi connectivity index (χ4v) is 7.51. The van der Waals surface area contributed by atoms with Gasteiger partial charge >= 0.3 is 0 Å². The lowest BCUT2D eigenvalue weighted by Crippen LogP contribution is -2.29. The van der Waals surface area contributed by atoms with Crippen molar-refractivity contribution in [2.45, 2.75) is 76.4 Å². The molecule has 5 heterocycles. The van der Waals surface area contributed by atoms with Crippen molar-refractivity contribution in [3.05, 3.63) is 50.1 Å². The highest BCUT2D eigenvalue weighted by Gasteiger charge is 2.26. The topological polar surface area (TPSA) is 74.3 Å². The molecule has 178 valence electrons. The highest BCUT2D eigenvalue weighted by atomic mass is 32.2. The van der Waals surface area contributed by atoms with Crippen LogP contribution in [-0.4, -0.2) is 36.6 Å². The molecule has 1 aliphatic heterocycles. The van der Waals surface area contributed by atoms with Crippen molar-refractivity contribution in [3.63, 3.8) is 0 Å². The molecule has 4 aromatic rings. The molecular weight excluding hydrogens is 466 g/mol. The summed E-state index contributed by atoms with van der Waals surface area (Å²) in [6, 6.07) is 2.06. The molecule has 0 saturated carbocycles. The van der Waals surface area contributed by atoms with Gasteiger partial charge in [-0.05, 0) is 63.5 Å². The number of rotatable bonds is 5. The monoisotopic (exact) mass is 495 g/mol. The average Bonchev–Trinajstić information content (AvgIpc) is 3.52. The second-order valence-electron chi connectivity index (χ2n) is 9.71. The van der Waals surface area contributed by atoms with Crippen molar-refractivity contribution in [1.82, 2.24) is 23.9 Å². The highest BCUT2D eigenvalue weighted by molar-refractivity contribution is 7.98. The van der Waals surface area contributed by atoms with Gasteiger partial charge in [0, 0.05) is 34.8 Å². The van der Waals surface area contributed by atoms with Gasteiger partial charge in [0.25, 0.3) is 5.56 Å². The van der Waals surface area contributed by atoms with Gasteiger partial charge in [-0.15, -0.1) is 11.3 Å². The van der Waals surface area contributed by atoms with Crippen molar-refractivity contribution in [3.8, 4) is 0 Å². The SMILES string of the molecule is Cc1cc(C)n2cc(CSc3nc4sc5c(c4c(=O)n3CC3CCCO3)CCC(C)C5)nc2n1. The fourth-order valence-electron chi connectivity index (χ4n) is 5.19. The summed E-state index contributed by atoms with van der Waals surface area (Å²) >= 11 is 3.30. The van der Waals surface area contributed by atoms with Crippen LogP contribution >= 0.6 is 23.1 Å². The van der Waals surface area contributed by atoms with Crippen molar-refractivity contribution in [2.75, 3.05) is 6.61 Å². The predicted molar refractivity (Wildman–Crippen MR) is 136 cm³/mol. The number of aromatic nitrogens is 5. The Kier molecular flexibility index (Phi) is 5.74. The summed E-state index contributed by atoms with van der Waals surface area (Å²) in [7, 11) is 0. The normalized spacial score (nSPS) is 20.4. The number of ether oxygens (including phenoxy) is 1. The minimum absolute atomic E-state index is 0.0794. The molecule has 0 N–H and O–H groups in total. The zero-order valence-electron chi connectivity index (χ0n) is 19.8. The third kappa shape index (κ3) is 3.97. The minimum Gasteiger partial charge on any atom is -0.376 e. The van der Waals surface area contributed by atoms with E-state index in [1.807, 2.05) is 22.1 Å². The van der Waals surface area contributed by atoms with Crippen LogP contribution in [0.5, 0.6) is 0 Å². The predicted octanol–water partition coefficient (Wildman–Crippen LogP) is 4.71. The first-order valence-electron chi connectivity index (χ1n) is 12.1. The van der Waals surface area contributed by atoms with E-state index in [-0.39, 0.29) is 11.7 Å². The van der Waals surface area contributed by atoms with E-state index in [0.717, 1.165) is 71.2 Å². The Labute approximate surface area is 206 Å². The third-order valence-corrected chi connectivity index (χ3v) is 9.11. The maximum absolute atomic E-state index is 13.8. The van der Waals surface area contributed by atoms with Crippen LogP contribution in [0.2, 0.25) is 0 Å². The maximum atomic E-state index is 13.8. The molecule has 1 fully saturated rings. The number of fused-ring (bicyclic) bond motifs is 4. The molecule has 9 heteroatoms. The smallest absolute Gasteiger partial charge is 0.263 e. The van der Waals surface area contributed by atoms with E-state index in [9.17, 15) is 4.79 Å². The van der Waals surface area contributed by atoms with Crippen LogP contribution in [0.15, 0.2) is 22.2 Å². The van der Waals surface area contributed by atoms with E-state index in [1.54, 1.807) is 23.1 Å². The van der Waals surface area contributed by atoms with Crippen LogP contribution in [0, 0.1) is 19.8 Å². The van der Waals surface area contributed by atoms with Crippen LogP contribution in [0.1, 0.15) is 53.7 Å². The summed E-state index contributed by atoms with van der Waals surface area (Å²) in [4.78, 5) is 30.4. The summed E-state index contributed by atoms with van der Waals surface area (Å²) in [5.41, 5.74) is 4.34. The quantitative estimate of drug-likeness (QED) is 0.295. The largest absolute Gasteiger partial charge is 0.376 e. The van der Waals surface area contributed by atoms with Gasteiger partial charge in [-0.2, -0.15) is 0 Å². The Hall–Kier alpha value is -2.23. The summed E-state index contributed by atoms with van der Waals surface area (Å²) in [5.74, 6) is 2.01. The molecule has 6 rings (SSSR count). The first-order valence-corrected chi connectivity index (χ1v) is 13.9. The molecule has 0 aromatic carbocycles. The molecule has 1 aliphatic carbocycles. The Bertz CT molecular complexity index is 1450. The van der Waals surface area contributed by atoms with Crippen molar-refractivity contribution in [2.24, 2.45) is 5.92 Å². The van der Waals surface area contributed by atoms with E-state index in [0.29, 0.717) is 24.0 Å². The first-order chi connectivity index (χ1) is 16.5. The molecule has 2 unspecified atom stereocenters. The van der Waals surface area contributed by atoms with Gasteiger partial charge in [-0.3, -0.25) is 13.8 Å². The molecule has 1 saturated heterocycles. The summed E-state index contributed by atoms with van der Waals surface area (Å²) < 4.78 is 9.79. The number of aryl methyl sites for hydroxylation is 3. The lowest BCUT2D eigenvalue weighted by molar-refractivity contribution is 0.0937. The molecule has 0 amide bonds. The van der Waals surface area contributed by atoms with Gasteiger partial charge in [0.05, 0.1) is 23.7 Å². The van der Waals surface area contributed by atoms with Crippen LogP contribution in [0.3, 0.4) is 0 Å². The van der Waals surface area contributed by atoms with Gasteiger partial charge in [-0.25, -0.2) is 15.0 Å². The Balaban J connectivity index is 1.38. The molecular formula is C25H29N5O2S2. The van der Waals surface area contributed by atoms with Gasteiger partial charge in [-0.1, -0.05) is 18.7 Å². The summed E-state index contributed by atoms with van der Waals surface area (Å²) in [6.07, 6.45) is 7.33. The molecule has 0 radical (unpaired) electrons. The molecule has 4 aromatic heterocycles. The molecule has 0 bridgehead atoms. The lowest BCUT2D eigenvalue weighted by atomic mass is 9.89. The number of nitrogens with zero attached hydrogens (tertiary/aromatic N) is 5. The number of imidazole rings is 1. The number of thioether (sulfide) groups is 1. The highest BCUT2D eigenvalue weighted by Crippen LogP contribution is 2.37. The summed E-state index contributed by atoms with van der Waals surface area (Å²) in [5, 5.41) is 1.61. The Morgan fingerprint density at radius 2 is 2.12 bits per heavy atom. The second-order valence-corrected chi connectivity index (χ2v) is 11.7. The van der Waals surface area contributed by atoms with Crippen LogP contribution in [0.4, 0.5) is 0 Å². The fraction of sp³-hybridized carbons (Fsp3) is 0.520. The maximum Gasteiger partial charge on any atom is 0.263 e. The Morgan fingerprint density at radius 1 is 1.24 bits per heavy atom. The zero-order valence-corrected chi connectivity index (χ0v) is 21.5. The molecule has 7 nitrogen and oxygen atoms in total. The van der Waals surface area contributed by atoms with Crippen LogP contribution in [0.25, 0.3) is 16.0 Å². The number of thiophene rings is 1. The number of hydrogen-bond donors (Lipinski definition) is 0. The van der Waals surface area contributed by atoms with Crippen molar-refractivity contribution < 1.29 is 4.74 Å². The average molecular weight is 496 g/mol. The van der Waals surface area contributed by atoms with Gasteiger partial charge in [0.15, 0.2) is 5.16 Å². The standard InChI is InChI=1S/C25H29N5O2S2/c1-14-6-7-19-20(9-14)34-22-21(19)23(31)30(12-18-5-4-8-32-18)25(28-22)33-13-17-11-29-16(3)10-15(2)26-24(29)27-17/h10-11,14,18H,4-9,12-13H2,1-3H3. The van der Waals surface area contributed by atoms with E-state index in [4.69, 9.17) is 14.7 Å². The van der Waals surface area contributed by atoms with Crippen molar-refractivity contribution in [1.29, 1.82) is 0 Å². The zero-order chi connectivity index (χ0) is 23.4. The molecule has 2 atom stereocenters. The molecule has 0 spiro atoms. The number of hydrogen-bond acceptors (Lipinski definition) is 7. The van der Waals surface area contributed by atoms with Gasteiger partial charge in [0.1, 0.15) is 4.83 Å².